The summed E-state index contributed by atoms with van der Waals surface area (Å²) in [5.74, 6) is 2.37. The first-order valence-corrected chi connectivity index (χ1v) is 15.1. The SMILES string of the molecule is C[C@H]1CCCN(Cc2cc3c4c(cccc4c2)N(c2cc(-c4nsnc4-c4nncn4C)cc(C4CC4)n2)C3=O)C1.Cl. The molecule has 3 aliphatic rings. The number of carbonyl (C=O) groups excluding carboxylic acids is 1. The summed E-state index contributed by atoms with van der Waals surface area (Å²) in [5, 5.41) is 10.4. The number of hydrogen-bond donors (Lipinski definition) is 0. The summed E-state index contributed by atoms with van der Waals surface area (Å²) in [7, 11) is 1.90. The minimum Gasteiger partial charge on any atom is -0.315 e. The number of aryl methyl sites for hydroxylation is 1. The number of nitrogens with zero attached hydrogens (tertiary/aromatic N) is 8. The minimum absolute atomic E-state index is 0. The van der Waals surface area contributed by atoms with Gasteiger partial charge in [0.2, 0.25) is 0 Å². The summed E-state index contributed by atoms with van der Waals surface area (Å²) in [6.45, 7) is 5.41. The Morgan fingerprint density at radius 1 is 1.05 bits per heavy atom. The third-order valence-electron chi connectivity index (χ3n) is 8.58. The van der Waals surface area contributed by atoms with Gasteiger partial charge in [-0.2, -0.15) is 8.75 Å². The lowest BCUT2D eigenvalue weighted by Gasteiger charge is -2.30. The molecule has 5 aromatic rings. The number of carbonyl (C=O) groups is 1. The first kappa shape index (κ1) is 27.1. The van der Waals surface area contributed by atoms with E-state index in [-0.39, 0.29) is 18.3 Å². The summed E-state index contributed by atoms with van der Waals surface area (Å²) >= 11 is 1.15. The third-order valence-corrected chi connectivity index (χ3v) is 9.11. The zero-order chi connectivity index (χ0) is 27.7. The fourth-order valence-electron chi connectivity index (χ4n) is 6.46. The highest BCUT2D eigenvalue weighted by molar-refractivity contribution is 6.99. The Balaban J connectivity index is 0.00000288. The van der Waals surface area contributed by atoms with Crippen LogP contribution in [0.15, 0.2) is 48.8 Å². The molecule has 11 heteroatoms. The number of hydrogen-bond acceptors (Lipinski definition) is 8. The smallest absolute Gasteiger partial charge is 0.264 e. The van der Waals surface area contributed by atoms with Crippen molar-refractivity contribution in [3.8, 4) is 22.8 Å². The molecular weight excluding hydrogens is 568 g/mol. The molecular formula is C31H31ClN8OS. The van der Waals surface area contributed by atoms with Gasteiger partial charge in [0, 0.05) is 42.7 Å². The predicted octanol–water partition coefficient (Wildman–Crippen LogP) is 6.37. The highest BCUT2D eigenvalue weighted by atomic mass is 35.5. The maximum Gasteiger partial charge on any atom is 0.264 e. The van der Waals surface area contributed by atoms with E-state index in [1.165, 1.54) is 18.4 Å². The van der Waals surface area contributed by atoms with E-state index in [0.29, 0.717) is 29.2 Å². The Bertz CT molecular complexity index is 1830. The van der Waals surface area contributed by atoms with Crippen LogP contribution in [0.5, 0.6) is 0 Å². The van der Waals surface area contributed by atoms with Crippen LogP contribution in [0.25, 0.3) is 33.5 Å². The van der Waals surface area contributed by atoms with E-state index in [4.69, 9.17) is 4.98 Å². The van der Waals surface area contributed by atoms with Gasteiger partial charge in [-0.1, -0.05) is 19.1 Å². The van der Waals surface area contributed by atoms with Crippen molar-refractivity contribution < 1.29 is 4.79 Å². The number of pyridine rings is 1. The Kier molecular flexibility index (Phi) is 6.79. The molecule has 9 nitrogen and oxygen atoms in total. The van der Waals surface area contributed by atoms with Gasteiger partial charge in [0.15, 0.2) is 5.82 Å². The largest absolute Gasteiger partial charge is 0.315 e. The van der Waals surface area contributed by atoms with E-state index in [1.54, 1.807) is 11.2 Å². The zero-order valence-electron chi connectivity index (χ0n) is 23.5. The molecule has 0 unspecified atom stereocenters. The summed E-state index contributed by atoms with van der Waals surface area (Å²) < 4.78 is 11.1. The Labute approximate surface area is 254 Å². The number of benzene rings is 2. The molecule has 1 saturated heterocycles. The van der Waals surface area contributed by atoms with Crippen molar-refractivity contribution in [1.82, 2.24) is 33.4 Å². The van der Waals surface area contributed by atoms with Gasteiger partial charge in [-0.15, -0.1) is 22.6 Å². The second-order valence-electron chi connectivity index (χ2n) is 11.8. The van der Waals surface area contributed by atoms with Crippen molar-refractivity contribution >= 4 is 52.3 Å². The van der Waals surface area contributed by atoms with Crippen LogP contribution in [-0.4, -0.2) is 52.4 Å². The molecule has 1 saturated carbocycles. The number of piperidine rings is 1. The number of halogens is 1. The normalized spacial score (nSPS) is 18.6. The Morgan fingerprint density at radius 2 is 1.90 bits per heavy atom. The monoisotopic (exact) mass is 598 g/mol. The first-order valence-electron chi connectivity index (χ1n) is 14.4. The van der Waals surface area contributed by atoms with Crippen LogP contribution >= 0.6 is 24.1 Å². The van der Waals surface area contributed by atoms with Crippen molar-refractivity contribution in [2.24, 2.45) is 13.0 Å². The average molecular weight is 599 g/mol. The van der Waals surface area contributed by atoms with Crippen LogP contribution in [0.4, 0.5) is 11.5 Å². The molecule has 2 fully saturated rings. The highest BCUT2D eigenvalue weighted by Crippen LogP contribution is 2.46. The van der Waals surface area contributed by atoms with Gasteiger partial charge in [-0.05, 0) is 79.4 Å². The number of aromatic nitrogens is 6. The summed E-state index contributed by atoms with van der Waals surface area (Å²) in [6, 6.07) is 14.6. The van der Waals surface area contributed by atoms with E-state index in [9.17, 15) is 4.79 Å². The number of rotatable bonds is 6. The molecule has 3 aromatic heterocycles. The van der Waals surface area contributed by atoms with E-state index in [1.807, 2.05) is 29.8 Å². The summed E-state index contributed by atoms with van der Waals surface area (Å²) in [4.78, 5) is 23.6. The maximum atomic E-state index is 14.2. The standard InChI is InChI=1S/C31H30N8OS.ClH/c1-18-5-4-10-38(15-18)16-19-11-21-6-3-7-25-27(21)23(12-19)31(40)39(25)26-14-22(13-24(33-26)20-8-9-20)28-29(36-41-35-28)30-34-32-17-37(30)2;/h3,6-7,11-14,17-18,20H,4-5,8-10,15-16H2,1-2H3;1H/t18-;/m0./s1. The van der Waals surface area contributed by atoms with Gasteiger partial charge in [-0.3, -0.25) is 14.6 Å². The molecule has 2 aliphatic heterocycles. The van der Waals surface area contributed by atoms with E-state index >= 15 is 0 Å². The predicted molar refractivity (Wildman–Crippen MR) is 166 cm³/mol. The first-order chi connectivity index (χ1) is 20.0. The van der Waals surface area contributed by atoms with Crippen molar-refractivity contribution in [2.45, 2.75) is 45.1 Å². The van der Waals surface area contributed by atoms with Crippen LogP contribution in [0, 0.1) is 5.92 Å². The lowest BCUT2D eigenvalue weighted by molar-refractivity contribution is 0.100. The minimum atomic E-state index is -0.0265. The highest BCUT2D eigenvalue weighted by Gasteiger charge is 2.35. The van der Waals surface area contributed by atoms with Crippen LogP contribution in [0.3, 0.4) is 0 Å². The summed E-state index contributed by atoms with van der Waals surface area (Å²) in [5.41, 5.74) is 6.13. The van der Waals surface area contributed by atoms with E-state index in [2.05, 4.69) is 55.0 Å². The van der Waals surface area contributed by atoms with Crippen molar-refractivity contribution in [3.05, 3.63) is 65.6 Å². The lowest BCUT2D eigenvalue weighted by atomic mass is 9.98. The van der Waals surface area contributed by atoms with Crippen LogP contribution in [0.2, 0.25) is 0 Å². The fourth-order valence-corrected chi connectivity index (χ4v) is 7.03. The molecule has 8 rings (SSSR count). The summed E-state index contributed by atoms with van der Waals surface area (Å²) in [6.07, 6.45) is 6.39. The molecule has 1 amide bonds. The average Bonchev–Trinajstić information content (AvgIpc) is 3.44. The van der Waals surface area contributed by atoms with Gasteiger partial charge < -0.3 is 4.57 Å². The van der Waals surface area contributed by atoms with Crippen molar-refractivity contribution in [3.63, 3.8) is 0 Å². The van der Waals surface area contributed by atoms with Gasteiger partial charge in [0.25, 0.3) is 5.91 Å². The third kappa shape index (κ3) is 4.58. The second-order valence-corrected chi connectivity index (χ2v) is 12.3. The molecule has 1 aliphatic carbocycles. The molecule has 5 heterocycles. The number of anilines is 2. The topological polar surface area (TPSA) is 92.9 Å². The van der Waals surface area contributed by atoms with Crippen molar-refractivity contribution in [2.75, 3.05) is 18.0 Å². The molecule has 42 heavy (non-hydrogen) atoms. The molecule has 0 radical (unpaired) electrons. The van der Waals surface area contributed by atoms with E-state index < -0.39 is 0 Å². The number of likely N-dealkylation sites (tertiary alicyclic amines) is 1. The van der Waals surface area contributed by atoms with E-state index in [0.717, 1.165) is 83.2 Å². The molecule has 0 N–H and O–H groups in total. The van der Waals surface area contributed by atoms with Gasteiger partial charge in [0.1, 0.15) is 23.5 Å². The molecule has 0 bridgehead atoms. The Hall–Kier alpha value is -3.73. The molecule has 214 valence electrons. The maximum absolute atomic E-state index is 14.2. The van der Waals surface area contributed by atoms with Crippen molar-refractivity contribution in [1.29, 1.82) is 0 Å². The molecule has 0 spiro atoms. The quantitative estimate of drug-likeness (QED) is 0.224. The lowest BCUT2D eigenvalue weighted by Crippen LogP contribution is -2.33. The second kappa shape index (κ2) is 10.5. The molecule has 1 atom stereocenters. The Morgan fingerprint density at radius 3 is 2.69 bits per heavy atom. The van der Waals surface area contributed by atoms with Crippen LogP contribution < -0.4 is 4.90 Å². The van der Waals surface area contributed by atoms with Crippen LogP contribution in [0.1, 0.15) is 60.1 Å². The van der Waals surface area contributed by atoms with Gasteiger partial charge in [-0.25, -0.2) is 4.98 Å². The molecule has 2 aromatic carbocycles. The van der Waals surface area contributed by atoms with Gasteiger partial charge >= 0.3 is 0 Å². The van der Waals surface area contributed by atoms with Gasteiger partial charge in [0.05, 0.1) is 23.0 Å². The fraction of sp³-hybridized carbons (Fsp3) is 0.355. The zero-order valence-corrected chi connectivity index (χ0v) is 25.2. The van der Waals surface area contributed by atoms with Crippen LogP contribution in [-0.2, 0) is 13.6 Å². The number of amides is 1.